The molecule has 1 heterocycles. The summed E-state index contributed by atoms with van der Waals surface area (Å²) in [5.41, 5.74) is 7.23. The number of Topliss-reactive ketones (excluding diaryl/α,β-unsaturated/α-hetero) is 1. The second-order valence-corrected chi connectivity index (χ2v) is 3.81. The molecule has 15 heavy (non-hydrogen) atoms. The molecule has 3 nitrogen and oxygen atoms in total. The first-order chi connectivity index (χ1) is 7.31. The normalized spacial score (nSPS) is 20.5. The highest BCUT2D eigenvalue weighted by Gasteiger charge is 2.18. The molecule has 0 aromatic heterocycles. The van der Waals surface area contributed by atoms with Gasteiger partial charge in [-0.15, -0.1) is 0 Å². The Bertz CT molecular complexity index is 356. The summed E-state index contributed by atoms with van der Waals surface area (Å²) in [6, 6.07) is 7.71. The second kappa shape index (κ2) is 4.55. The van der Waals surface area contributed by atoms with Gasteiger partial charge in [0, 0.05) is 18.1 Å². The Hall–Kier alpha value is -1.19. The average Bonchev–Trinajstić information content (AvgIpc) is 2.82. The van der Waals surface area contributed by atoms with E-state index in [0.717, 1.165) is 19.6 Å². The molecule has 0 spiro atoms. The van der Waals surface area contributed by atoms with Crippen LogP contribution in [-0.4, -0.2) is 25.5 Å². The molecule has 1 fully saturated rings. The van der Waals surface area contributed by atoms with E-state index in [0.29, 0.717) is 11.5 Å². The lowest BCUT2D eigenvalue weighted by Crippen LogP contribution is -2.14. The first kappa shape index (κ1) is 10.3. The predicted octanol–water partition coefficient (Wildman–Crippen LogP) is 1.33. The van der Waals surface area contributed by atoms with Crippen molar-refractivity contribution in [1.82, 2.24) is 0 Å². The lowest BCUT2D eigenvalue weighted by Gasteiger charge is -2.08. The van der Waals surface area contributed by atoms with Gasteiger partial charge in [-0.1, -0.05) is 18.2 Å². The quantitative estimate of drug-likeness (QED) is 0.757. The Labute approximate surface area is 89.2 Å². The number of ether oxygens (including phenoxy) is 1. The van der Waals surface area contributed by atoms with E-state index in [1.165, 1.54) is 5.56 Å². The number of benzene rings is 1. The van der Waals surface area contributed by atoms with Crippen LogP contribution >= 0.6 is 0 Å². The smallest absolute Gasteiger partial charge is 0.176 e. The van der Waals surface area contributed by atoms with Crippen molar-refractivity contribution in [3.05, 3.63) is 35.4 Å². The van der Waals surface area contributed by atoms with Crippen molar-refractivity contribution >= 4 is 5.78 Å². The van der Waals surface area contributed by atoms with Gasteiger partial charge in [-0.25, -0.2) is 0 Å². The van der Waals surface area contributed by atoms with Gasteiger partial charge in [0.25, 0.3) is 0 Å². The molecule has 80 valence electrons. The summed E-state index contributed by atoms with van der Waals surface area (Å²) < 4.78 is 5.33. The van der Waals surface area contributed by atoms with E-state index < -0.39 is 0 Å². The van der Waals surface area contributed by atoms with Crippen molar-refractivity contribution in [2.24, 2.45) is 5.73 Å². The van der Waals surface area contributed by atoms with E-state index >= 15 is 0 Å². The van der Waals surface area contributed by atoms with Crippen LogP contribution in [0.2, 0.25) is 0 Å². The van der Waals surface area contributed by atoms with E-state index in [1.54, 1.807) is 0 Å². The van der Waals surface area contributed by atoms with E-state index in [4.69, 9.17) is 10.5 Å². The standard InChI is InChI=1S/C12H15NO2/c13-7-12(14)10-3-1-2-9(6-10)11-4-5-15-8-11/h1-3,6,11H,4-5,7-8,13H2. The van der Waals surface area contributed by atoms with Gasteiger partial charge in [0.15, 0.2) is 5.78 Å². The Morgan fingerprint density at radius 2 is 2.40 bits per heavy atom. The minimum Gasteiger partial charge on any atom is -0.381 e. The maximum atomic E-state index is 11.4. The lowest BCUT2D eigenvalue weighted by molar-refractivity contribution is 0.100. The van der Waals surface area contributed by atoms with Gasteiger partial charge in [-0.2, -0.15) is 0 Å². The minimum absolute atomic E-state index is 0.00392. The molecule has 0 aliphatic carbocycles. The molecule has 1 aliphatic rings. The van der Waals surface area contributed by atoms with E-state index in [1.807, 2.05) is 24.3 Å². The number of hydrogen-bond donors (Lipinski definition) is 1. The molecule has 1 aromatic carbocycles. The summed E-state index contributed by atoms with van der Waals surface area (Å²) >= 11 is 0. The average molecular weight is 205 g/mol. The zero-order valence-corrected chi connectivity index (χ0v) is 8.61. The van der Waals surface area contributed by atoms with Crippen LogP contribution in [0.4, 0.5) is 0 Å². The van der Waals surface area contributed by atoms with E-state index in [9.17, 15) is 4.79 Å². The fraction of sp³-hybridized carbons (Fsp3) is 0.417. The third-order valence-electron chi connectivity index (χ3n) is 2.80. The third-order valence-corrected chi connectivity index (χ3v) is 2.80. The minimum atomic E-state index is -0.00392. The van der Waals surface area contributed by atoms with Crippen molar-refractivity contribution in [3.63, 3.8) is 0 Å². The molecular weight excluding hydrogens is 190 g/mol. The molecule has 1 atom stereocenters. The Morgan fingerprint density at radius 1 is 1.53 bits per heavy atom. The summed E-state index contributed by atoms with van der Waals surface area (Å²) in [5.74, 6) is 0.436. The van der Waals surface area contributed by atoms with Crippen LogP contribution in [0, 0.1) is 0 Å². The Morgan fingerprint density at radius 3 is 3.07 bits per heavy atom. The Kier molecular flexibility index (Phi) is 3.14. The van der Waals surface area contributed by atoms with Gasteiger partial charge in [0.1, 0.15) is 0 Å². The highest BCUT2D eigenvalue weighted by molar-refractivity contribution is 5.97. The number of carbonyl (C=O) groups excluding carboxylic acids is 1. The van der Waals surface area contributed by atoms with Crippen LogP contribution in [-0.2, 0) is 4.74 Å². The monoisotopic (exact) mass is 205 g/mol. The van der Waals surface area contributed by atoms with Gasteiger partial charge >= 0.3 is 0 Å². The lowest BCUT2D eigenvalue weighted by atomic mass is 9.96. The van der Waals surface area contributed by atoms with Crippen molar-refractivity contribution in [2.45, 2.75) is 12.3 Å². The number of carbonyl (C=O) groups is 1. The van der Waals surface area contributed by atoms with Crippen LogP contribution in [0.25, 0.3) is 0 Å². The van der Waals surface area contributed by atoms with Gasteiger partial charge in [-0.3, -0.25) is 4.79 Å². The number of hydrogen-bond acceptors (Lipinski definition) is 3. The van der Waals surface area contributed by atoms with Crippen LogP contribution in [0.15, 0.2) is 24.3 Å². The van der Waals surface area contributed by atoms with Crippen LogP contribution in [0.5, 0.6) is 0 Å². The number of nitrogens with two attached hydrogens (primary N) is 1. The predicted molar refractivity (Wildman–Crippen MR) is 58.0 cm³/mol. The molecule has 3 heteroatoms. The molecule has 0 radical (unpaired) electrons. The molecule has 0 saturated carbocycles. The first-order valence-corrected chi connectivity index (χ1v) is 5.22. The maximum Gasteiger partial charge on any atom is 0.176 e. The summed E-state index contributed by atoms with van der Waals surface area (Å²) in [5, 5.41) is 0. The van der Waals surface area contributed by atoms with Gasteiger partial charge < -0.3 is 10.5 Å². The Balaban J connectivity index is 2.21. The molecule has 1 aromatic rings. The van der Waals surface area contributed by atoms with Crippen LogP contribution in [0.3, 0.4) is 0 Å². The fourth-order valence-electron chi connectivity index (χ4n) is 1.88. The van der Waals surface area contributed by atoms with E-state index in [-0.39, 0.29) is 12.3 Å². The SMILES string of the molecule is NCC(=O)c1cccc(C2CCOC2)c1. The van der Waals surface area contributed by atoms with Crippen LogP contribution in [0.1, 0.15) is 28.3 Å². The van der Waals surface area contributed by atoms with Crippen molar-refractivity contribution in [3.8, 4) is 0 Å². The van der Waals surface area contributed by atoms with Crippen molar-refractivity contribution in [2.75, 3.05) is 19.8 Å². The highest BCUT2D eigenvalue weighted by Crippen LogP contribution is 2.25. The van der Waals surface area contributed by atoms with Crippen LogP contribution < -0.4 is 5.73 Å². The fourth-order valence-corrected chi connectivity index (χ4v) is 1.88. The molecule has 0 bridgehead atoms. The second-order valence-electron chi connectivity index (χ2n) is 3.81. The molecule has 1 unspecified atom stereocenters. The van der Waals surface area contributed by atoms with Gasteiger partial charge in [-0.05, 0) is 18.1 Å². The van der Waals surface area contributed by atoms with Crippen molar-refractivity contribution in [1.29, 1.82) is 0 Å². The molecule has 2 N–H and O–H groups in total. The largest absolute Gasteiger partial charge is 0.381 e. The van der Waals surface area contributed by atoms with Crippen molar-refractivity contribution < 1.29 is 9.53 Å². The van der Waals surface area contributed by atoms with Gasteiger partial charge in [0.05, 0.1) is 13.2 Å². The summed E-state index contributed by atoms with van der Waals surface area (Å²) in [4.78, 5) is 11.4. The molecule has 1 saturated heterocycles. The molecular formula is C12H15NO2. The number of rotatable bonds is 3. The number of ketones is 1. The summed E-state index contributed by atoms with van der Waals surface area (Å²) in [7, 11) is 0. The topological polar surface area (TPSA) is 52.3 Å². The summed E-state index contributed by atoms with van der Waals surface area (Å²) in [6.45, 7) is 1.66. The molecule has 2 rings (SSSR count). The molecule has 1 aliphatic heterocycles. The van der Waals surface area contributed by atoms with Gasteiger partial charge in [0.2, 0.25) is 0 Å². The third kappa shape index (κ3) is 2.25. The highest BCUT2D eigenvalue weighted by atomic mass is 16.5. The molecule has 0 amide bonds. The first-order valence-electron chi connectivity index (χ1n) is 5.22. The maximum absolute atomic E-state index is 11.4. The van der Waals surface area contributed by atoms with E-state index in [2.05, 4.69) is 0 Å². The zero-order valence-electron chi connectivity index (χ0n) is 8.61. The summed E-state index contributed by atoms with van der Waals surface area (Å²) in [6.07, 6.45) is 1.04. The zero-order chi connectivity index (χ0) is 10.7.